The number of carbonyl (C=O) groups is 1. The predicted molar refractivity (Wildman–Crippen MR) is 92.2 cm³/mol. The largest absolute Gasteiger partial charge is 0.497 e. The molecule has 0 spiro atoms. The predicted octanol–water partition coefficient (Wildman–Crippen LogP) is 1.91. The van der Waals surface area contributed by atoms with Gasteiger partial charge in [-0.25, -0.2) is 0 Å². The Balaban J connectivity index is 1.79. The van der Waals surface area contributed by atoms with Crippen LogP contribution in [-0.4, -0.2) is 37.0 Å². The molecule has 2 N–H and O–H groups in total. The van der Waals surface area contributed by atoms with Gasteiger partial charge in [0.05, 0.1) is 38.6 Å². The molecule has 2 aromatic rings. The van der Waals surface area contributed by atoms with E-state index in [9.17, 15) is 4.79 Å². The van der Waals surface area contributed by atoms with Crippen molar-refractivity contribution in [2.24, 2.45) is 5.92 Å². The number of benzene rings is 1. The SMILES string of the molecule is COc1ccc2[nH]c(C)c(CC[NH+]3CCC(=O)[C@@H](C)[C@@H]3C)c2c1. The fourth-order valence-electron chi connectivity index (χ4n) is 3.82. The molecule has 3 rings (SSSR count). The monoisotopic (exact) mass is 315 g/mol. The summed E-state index contributed by atoms with van der Waals surface area (Å²) in [6, 6.07) is 6.61. The molecule has 1 aliphatic heterocycles. The summed E-state index contributed by atoms with van der Waals surface area (Å²) >= 11 is 0. The van der Waals surface area contributed by atoms with Crippen molar-refractivity contribution in [2.75, 3.05) is 20.2 Å². The number of ether oxygens (including phenoxy) is 1. The molecular weight excluding hydrogens is 288 g/mol. The maximum atomic E-state index is 11.9. The quantitative estimate of drug-likeness (QED) is 0.905. The van der Waals surface area contributed by atoms with E-state index in [2.05, 4.69) is 37.9 Å². The first-order valence-electron chi connectivity index (χ1n) is 8.53. The third-order valence-electron chi connectivity index (χ3n) is 5.62. The van der Waals surface area contributed by atoms with Gasteiger partial charge in [0.15, 0.2) is 0 Å². The zero-order valence-electron chi connectivity index (χ0n) is 14.5. The lowest BCUT2D eigenvalue weighted by atomic mass is 9.90. The first-order valence-corrected chi connectivity index (χ1v) is 8.53. The van der Waals surface area contributed by atoms with Gasteiger partial charge in [-0.3, -0.25) is 4.79 Å². The first kappa shape index (κ1) is 16.1. The second-order valence-corrected chi connectivity index (χ2v) is 6.84. The number of methoxy groups -OCH3 is 1. The highest BCUT2D eigenvalue weighted by Gasteiger charge is 2.33. The number of aromatic amines is 1. The molecule has 1 aromatic carbocycles. The number of carbonyl (C=O) groups excluding carboxylic acids is 1. The maximum Gasteiger partial charge on any atom is 0.147 e. The number of Topliss-reactive ketones (excluding diaryl/α,β-unsaturated/α-hetero) is 1. The number of piperidine rings is 1. The molecule has 1 fully saturated rings. The number of nitrogens with one attached hydrogen (secondary N) is 2. The Bertz CT molecular complexity index is 719. The van der Waals surface area contributed by atoms with Gasteiger partial charge < -0.3 is 14.6 Å². The molecule has 3 atom stereocenters. The third-order valence-corrected chi connectivity index (χ3v) is 5.62. The summed E-state index contributed by atoms with van der Waals surface area (Å²) in [5.74, 6) is 1.51. The average molecular weight is 315 g/mol. The van der Waals surface area contributed by atoms with Gasteiger partial charge in [0.2, 0.25) is 0 Å². The van der Waals surface area contributed by atoms with E-state index < -0.39 is 0 Å². The number of aromatic nitrogens is 1. The number of likely N-dealkylation sites (tertiary alicyclic amines) is 1. The van der Waals surface area contributed by atoms with Crippen LogP contribution >= 0.6 is 0 Å². The molecular formula is C19H27N2O2+. The molecule has 0 aliphatic carbocycles. The van der Waals surface area contributed by atoms with Crippen LogP contribution in [0.25, 0.3) is 10.9 Å². The lowest BCUT2D eigenvalue weighted by Gasteiger charge is -2.33. The van der Waals surface area contributed by atoms with Gasteiger partial charge in [0.25, 0.3) is 0 Å². The van der Waals surface area contributed by atoms with Crippen LogP contribution < -0.4 is 9.64 Å². The van der Waals surface area contributed by atoms with E-state index >= 15 is 0 Å². The van der Waals surface area contributed by atoms with Gasteiger partial charge in [-0.15, -0.1) is 0 Å². The van der Waals surface area contributed by atoms with Crippen LogP contribution in [0.1, 0.15) is 31.5 Å². The number of rotatable bonds is 4. The smallest absolute Gasteiger partial charge is 0.147 e. The summed E-state index contributed by atoms with van der Waals surface area (Å²) in [7, 11) is 1.71. The van der Waals surface area contributed by atoms with Crippen LogP contribution in [0.4, 0.5) is 0 Å². The minimum Gasteiger partial charge on any atom is -0.497 e. The third kappa shape index (κ3) is 3.00. The molecule has 0 bridgehead atoms. The van der Waals surface area contributed by atoms with Crippen LogP contribution in [-0.2, 0) is 11.2 Å². The molecule has 1 saturated heterocycles. The topological polar surface area (TPSA) is 46.5 Å². The van der Waals surface area contributed by atoms with E-state index in [1.165, 1.54) is 22.2 Å². The van der Waals surface area contributed by atoms with Crippen LogP contribution in [0.2, 0.25) is 0 Å². The van der Waals surface area contributed by atoms with Crippen LogP contribution in [0.5, 0.6) is 5.75 Å². The standard InChI is InChI=1S/C19H26N2O2/c1-12-14(3)21(10-8-19(12)22)9-7-16-13(2)20-18-6-5-15(23-4)11-17(16)18/h5-6,11-12,14,20H,7-10H2,1-4H3/p+1/t12-,14-/m0/s1. The van der Waals surface area contributed by atoms with Crippen molar-refractivity contribution in [3.8, 4) is 5.75 Å². The van der Waals surface area contributed by atoms with E-state index in [0.29, 0.717) is 11.8 Å². The van der Waals surface area contributed by atoms with Crippen molar-refractivity contribution in [3.05, 3.63) is 29.5 Å². The van der Waals surface area contributed by atoms with E-state index in [1.54, 1.807) is 12.0 Å². The summed E-state index contributed by atoms with van der Waals surface area (Å²) in [6.07, 6.45) is 1.75. The van der Waals surface area contributed by atoms with Crippen molar-refractivity contribution < 1.29 is 14.4 Å². The van der Waals surface area contributed by atoms with Crippen LogP contribution in [0, 0.1) is 12.8 Å². The Morgan fingerprint density at radius 3 is 2.87 bits per heavy atom. The highest BCUT2D eigenvalue weighted by Crippen LogP contribution is 2.26. The number of ketones is 1. The molecule has 4 nitrogen and oxygen atoms in total. The van der Waals surface area contributed by atoms with Crippen molar-refractivity contribution in [3.63, 3.8) is 0 Å². The summed E-state index contributed by atoms with van der Waals surface area (Å²) in [4.78, 5) is 16.9. The molecule has 124 valence electrons. The Morgan fingerprint density at radius 2 is 2.13 bits per heavy atom. The van der Waals surface area contributed by atoms with Crippen molar-refractivity contribution in [1.29, 1.82) is 0 Å². The minimum atomic E-state index is 0.183. The normalized spacial score (nSPS) is 25.0. The summed E-state index contributed by atoms with van der Waals surface area (Å²) in [5.41, 5.74) is 3.79. The fraction of sp³-hybridized carbons (Fsp3) is 0.526. The molecule has 0 amide bonds. The van der Waals surface area contributed by atoms with Gasteiger partial charge in [-0.1, -0.05) is 0 Å². The van der Waals surface area contributed by atoms with E-state index in [4.69, 9.17) is 4.74 Å². The zero-order chi connectivity index (χ0) is 16.6. The minimum absolute atomic E-state index is 0.183. The molecule has 23 heavy (non-hydrogen) atoms. The Hall–Kier alpha value is -1.81. The Kier molecular flexibility index (Phi) is 4.44. The Labute approximate surface area is 137 Å². The molecule has 1 unspecified atom stereocenters. The zero-order valence-corrected chi connectivity index (χ0v) is 14.5. The van der Waals surface area contributed by atoms with Crippen molar-refractivity contribution in [2.45, 2.75) is 39.7 Å². The lowest BCUT2D eigenvalue weighted by Crippen LogP contribution is -3.17. The summed E-state index contributed by atoms with van der Waals surface area (Å²) < 4.78 is 5.37. The highest BCUT2D eigenvalue weighted by atomic mass is 16.5. The highest BCUT2D eigenvalue weighted by molar-refractivity contribution is 5.86. The second-order valence-electron chi connectivity index (χ2n) is 6.84. The van der Waals surface area contributed by atoms with E-state index in [0.717, 1.165) is 31.7 Å². The number of hydrogen-bond donors (Lipinski definition) is 2. The van der Waals surface area contributed by atoms with Gasteiger partial charge >= 0.3 is 0 Å². The molecule has 0 saturated carbocycles. The first-order chi connectivity index (χ1) is 11.0. The number of H-pyrrole nitrogens is 1. The van der Waals surface area contributed by atoms with E-state index in [1.807, 2.05) is 6.07 Å². The van der Waals surface area contributed by atoms with Crippen LogP contribution in [0.15, 0.2) is 18.2 Å². The average Bonchev–Trinajstić information content (AvgIpc) is 2.86. The summed E-state index contributed by atoms with van der Waals surface area (Å²) in [6.45, 7) is 8.47. The maximum absolute atomic E-state index is 11.9. The van der Waals surface area contributed by atoms with Crippen molar-refractivity contribution >= 4 is 16.7 Å². The molecule has 2 heterocycles. The van der Waals surface area contributed by atoms with Gasteiger partial charge in [-0.05, 0) is 44.5 Å². The molecule has 0 radical (unpaired) electrons. The van der Waals surface area contributed by atoms with Gasteiger partial charge in [-0.2, -0.15) is 0 Å². The lowest BCUT2D eigenvalue weighted by molar-refractivity contribution is -0.928. The molecule has 4 heteroatoms. The molecule has 1 aromatic heterocycles. The van der Waals surface area contributed by atoms with E-state index in [-0.39, 0.29) is 5.92 Å². The van der Waals surface area contributed by atoms with Gasteiger partial charge in [0, 0.05) is 23.0 Å². The second kappa shape index (κ2) is 6.36. The molecule has 1 aliphatic rings. The Morgan fingerprint density at radius 1 is 1.35 bits per heavy atom. The van der Waals surface area contributed by atoms with Crippen molar-refractivity contribution in [1.82, 2.24) is 4.98 Å². The number of aryl methyl sites for hydroxylation is 1. The number of hydrogen-bond acceptors (Lipinski definition) is 2. The number of quaternary nitrogens is 1. The van der Waals surface area contributed by atoms with Gasteiger partial charge in [0.1, 0.15) is 11.5 Å². The fourth-order valence-corrected chi connectivity index (χ4v) is 3.82. The number of fused-ring (bicyclic) bond motifs is 1. The van der Waals surface area contributed by atoms with Crippen LogP contribution in [0.3, 0.4) is 0 Å². The summed E-state index contributed by atoms with van der Waals surface area (Å²) in [5, 5.41) is 1.26.